The highest BCUT2D eigenvalue weighted by Crippen LogP contribution is 2.38. The van der Waals surface area contributed by atoms with Gasteiger partial charge in [-0.2, -0.15) is 0 Å². The molecule has 0 aliphatic heterocycles. The molecule has 0 radical (unpaired) electrons. The maximum absolute atomic E-state index is 12.6. The number of hydrogen-bond acceptors (Lipinski definition) is 1. The minimum atomic E-state index is -0.0474. The molecule has 0 aliphatic rings. The highest BCUT2D eigenvalue weighted by Gasteiger charge is 2.13. The Morgan fingerprint density at radius 3 is 2.07 bits per heavy atom. The van der Waals surface area contributed by atoms with E-state index in [-0.39, 0.29) is 5.56 Å². The van der Waals surface area contributed by atoms with Crippen molar-refractivity contribution in [2.75, 3.05) is 0 Å². The molecule has 0 spiro atoms. The van der Waals surface area contributed by atoms with Gasteiger partial charge in [-0.05, 0) is 49.8 Å². The molecule has 2 nitrogen and oxygen atoms in total. The summed E-state index contributed by atoms with van der Waals surface area (Å²) in [5.74, 6) is 0. The molecule has 0 fully saturated rings. The molecule has 5 aromatic carbocycles. The fourth-order valence-electron chi connectivity index (χ4n) is 4.33. The van der Waals surface area contributed by atoms with Crippen LogP contribution in [0.15, 0.2) is 89.7 Å². The van der Waals surface area contributed by atoms with E-state index in [1.165, 1.54) is 32.3 Å². The lowest BCUT2D eigenvalue weighted by molar-refractivity contribution is 1.28. The molecule has 1 aromatic heterocycles. The van der Waals surface area contributed by atoms with Gasteiger partial charge in [0.15, 0.2) is 0 Å². The maximum Gasteiger partial charge on any atom is 0.256 e. The van der Waals surface area contributed by atoms with Crippen LogP contribution in [0.1, 0.15) is 0 Å². The first-order valence-corrected chi connectivity index (χ1v) is 9.08. The van der Waals surface area contributed by atoms with Crippen LogP contribution in [0.5, 0.6) is 0 Å². The molecule has 126 valence electrons. The van der Waals surface area contributed by atoms with E-state index >= 15 is 0 Å². The number of aromatic amines is 1. The predicted octanol–water partition coefficient (Wildman–Crippen LogP) is 6.09. The minimum Gasteiger partial charge on any atom is -0.321 e. The van der Waals surface area contributed by atoms with Crippen molar-refractivity contribution in [1.82, 2.24) is 4.98 Å². The highest BCUT2D eigenvalue weighted by molar-refractivity contribution is 6.25. The monoisotopic (exact) mass is 345 g/mol. The second kappa shape index (κ2) is 5.18. The number of fused-ring (bicyclic) bond motifs is 1. The molecule has 2 heteroatoms. The third-order valence-corrected chi connectivity index (χ3v) is 5.57. The minimum absolute atomic E-state index is 0.0474. The Bertz CT molecular complexity index is 1530. The summed E-state index contributed by atoms with van der Waals surface area (Å²) in [7, 11) is 0. The van der Waals surface area contributed by atoms with Gasteiger partial charge in [0.25, 0.3) is 5.56 Å². The van der Waals surface area contributed by atoms with Crippen LogP contribution in [0, 0.1) is 0 Å². The lowest BCUT2D eigenvalue weighted by atomic mass is 9.91. The van der Waals surface area contributed by atoms with E-state index < -0.39 is 0 Å². The number of H-pyrrole nitrogens is 1. The van der Waals surface area contributed by atoms with Crippen LogP contribution in [-0.2, 0) is 0 Å². The normalized spacial score (nSPS) is 11.9. The summed E-state index contributed by atoms with van der Waals surface area (Å²) in [6.45, 7) is 0. The molecule has 0 unspecified atom stereocenters. The third-order valence-electron chi connectivity index (χ3n) is 5.57. The fourth-order valence-corrected chi connectivity index (χ4v) is 4.33. The molecular weight excluding hydrogens is 330 g/mol. The van der Waals surface area contributed by atoms with E-state index in [0.717, 1.165) is 22.0 Å². The number of aromatic nitrogens is 1. The Kier molecular flexibility index (Phi) is 2.78. The lowest BCUT2D eigenvalue weighted by Crippen LogP contribution is -2.07. The van der Waals surface area contributed by atoms with Crippen molar-refractivity contribution >= 4 is 43.1 Å². The SMILES string of the molecule is O=c1[nH]c(-c2ccc3ccc4cccc5ccc2c3c45)cc2ccccc12. The second-order valence-corrected chi connectivity index (χ2v) is 7.07. The molecule has 0 saturated heterocycles. The Morgan fingerprint density at radius 2 is 1.22 bits per heavy atom. The molecule has 1 heterocycles. The van der Waals surface area contributed by atoms with E-state index in [1.54, 1.807) is 0 Å². The summed E-state index contributed by atoms with van der Waals surface area (Å²) < 4.78 is 0. The largest absolute Gasteiger partial charge is 0.321 e. The highest BCUT2D eigenvalue weighted by atomic mass is 16.1. The number of rotatable bonds is 1. The van der Waals surface area contributed by atoms with Crippen LogP contribution in [0.4, 0.5) is 0 Å². The standard InChI is InChI=1S/C25H15NO/c27-25-19-7-2-1-4-18(19)14-22(26-25)20-12-10-17-9-8-15-5-3-6-16-11-13-21(20)24(17)23(15)16/h1-14H,(H,26,27). The van der Waals surface area contributed by atoms with Gasteiger partial charge in [0.2, 0.25) is 0 Å². The third kappa shape index (κ3) is 1.98. The Hall–Kier alpha value is -3.65. The van der Waals surface area contributed by atoms with Gasteiger partial charge in [0, 0.05) is 16.6 Å². The quantitative estimate of drug-likeness (QED) is 0.359. The van der Waals surface area contributed by atoms with Gasteiger partial charge in [-0.1, -0.05) is 72.8 Å². The number of benzene rings is 5. The average Bonchev–Trinajstić information content (AvgIpc) is 2.72. The molecular formula is C25H15NO. The van der Waals surface area contributed by atoms with Crippen LogP contribution < -0.4 is 5.56 Å². The van der Waals surface area contributed by atoms with Gasteiger partial charge in [0.05, 0.1) is 0 Å². The zero-order valence-electron chi connectivity index (χ0n) is 14.5. The van der Waals surface area contributed by atoms with Gasteiger partial charge in [-0.25, -0.2) is 0 Å². The maximum atomic E-state index is 12.6. The number of pyridine rings is 1. The molecule has 0 bridgehead atoms. The second-order valence-electron chi connectivity index (χ2n) is 7.07. The topological polar surface area (TPSA) is 32.9 Å². The van der Waals surface area contributed by atoms with Crippen LogP contribution in [0.2, 0.25) is 0 Å². The van der Waals surface area contributed by atoms with E-state index in [0.29, 0.717) is 0 Å². The number of nitrogens with one attached hydrogen (secondary N) is 1. The first-order chi connectivity index (χ1) is 13.3. The Morgan fingerprint density at radius 1 is 0.556 bits per heavy atom. The van der Waals surface area contributed by atoms with Crippen LogP contribution >= 0.6 is 0 Å². The van der Waals surface area contributed by atoms with E-state index in [9.17, 15) is 4.79 Å². The molecule has 0 saturated carbocycles. The smallest absolute Gasteiger partial charge is 0.256 e. The summed E-state index contributed by atoms with van der Waals surface area (Å²) >= 11 is 0. The van der Waals surface area contributed by atoms with Crippen molar-refractivity contribution in [3.8, 4) is 11.3 Å². The Labute approximate surface area is 155 Å². The average molecular weight is 345 g/mol. The van der Waals surface area contributed by atoms with E-state index in [2.05, 4.69) is 65.6 Å². The van der Waals surface area contributed by atoms with E-state index in [1.807, 2.05) is 24.3 Å². The van der Waals surface area contributed by atoms with Crippen molar-refractivity contribution in [1.29, 1.82) is 0 Å². The molecule has 0 atom stereocenters. The molecule has 6 aromatic rings. The van der Waals surface area contributed by atoms with Crippen molar-refractivity contribution in [3.63, 3.8) is 0 Å². The molecule has 27 heavy (non-hydrogen) atoms. The van der Waals surface area contributed by atoms with Crippen LogP contribution in [0.3, 0.4) is 0 Å². The molecule has 0 aliphatic carbocycles. The van der Waals surface area contributed by atoms with Gasteiger partial charge in [-0.3, -0.25) is 4.79 Å². The summed E-state index contributed by atoms with van der Waals surface area (Å²) in [6, 6.07) is 29.2. The summed E-state index contributed by atoms with van der Waals surface area (Å²) in [5.41, 5.74) is 1.87. The molecule has 1 N–H and O–H groups in total. The summed E-state index contributed by atoms with van der Waals surface area (Å²) in [6.07, 6.45) is 0. The zero-order chi connectivity index (χ0) is 18.0. The van der Waals surface area contributed by atoms with Crippen molar-refractivity contribution in [2.24, 2.45) is 0 Å². The first-order valence-electron chi connectivity index (χ1n) is 9.08. The van der Waals surface area contributed by atoms with Crippen molar-refractivity contribution in [2.45, 2.75) is 0 Å². The molecule has 6 rings (SSSR count). The fraction of sp³-hybridized carbons (Fsp3) is 0. The molecule has 0 amide bonds. The van der Waals surface area contributed by atoms with Crippen LogP contribution in [-0.4, -0.2) is 4.98 Å². The van der Waals surface area contributed by atoms with Gasteiger partial charge < -0.3 is 4.98 Å². The summed E-state index contributed by atoms with van der Waals surface area (Å²) in [5, 5.41) is 9.11. The first kappa shape index (κ1) is 14.5. The van der Waals surface area contributed by atoms with Crippen molar-refractivity contribution < 1.29 is 0 Å². The summed E-state index contributed by atoms with van der Waals surface area (Å²) in [4.78, 5) is 15.7. The predicted molar refractivity (Wildman–Crippen MR) is 114 cm³/mol. The van der Waals surface area contributed by atoms with Gasteiger partial charge in [0.1, 0.15) is 0 Å². The van der Waals surface area contributed by atoms with Gasteiger partial charge >= 0.3 is 0 Å². The number of hydrogen-bond donors (Lipinski definition) is 1. The van der Waals surface area contributed by atoms with Gasteiger partial charge in [-0.15, -0.1) is 0 Å². The lowest BCUT2D eigenvalue weighted by Gasteiger charge is -2.14. The van der Waals surface area contributed by atoms with Crippen LogP contribution in [0.25, 0.3) is 54.3 Å². The van der Waals surface area contributed by atoms with E-state index in [4.69, 9.17) is 0 Å². The Balaban J connectivity index is 1.77. The van der Waals surface area contributed by atoms with Crippen molar-refractivity contribution in [3.05, 3.63) is 95.3 Å². The zero-order valence-corrected chi connectivity index (χ0v) is 14.5.